The summed E-state index contributed by atoms with van der Waals surface area (Å²) in [6, 6.07) is 4.41. The van der Waals surface area contributed by atoms with Crippen molar-refractivity contribution in [2.75, 3.05) is 27.5 Å². The van der Waals surface area contributed by atoms with Crippen LogP contribution < -0.4 is 9.47 Å². The van der Waals surface area contributed by atoms with Crippen molar-refractivity contribution in [1.82, 2.24) is 4.90 Å². The standard InChI is InChI=1S/C29H28F3NO6/c1-16-19(10-5-4-6-13-36-3)25(39-28(16)35)23-22-20(11-12-33(23)2)21(26-27(24(22)34)38-15-37-26)17-8-7-9-18(14-17)29(30,31)32/h4-9,13-14,23,25,34H,10-12,15H2,1-3H3/b5-4?,13-6+. The van der Waals surface area contributed by atoms with Gasteiger partial charge in [0.15, 0.2) is 11.5 Å². The highest BCUT2D eigenvalue weighted by Crippen LogP contribution is 2.56. The molecule has 0 bridgehead atoms. The molecule has 0 aromatic heterocycles. The Hall–Kier alpha value is -3.92. The monoisotopic (exact) mass is 543 g/mol. The second-order valence-electron chi connectivity index (χ2n) is 9.61. The molecule has 3 aliphatic heterocycles. The van der Waals surface area contributed by atoms with Crippen LogP contribution in [0.2, 0.25) is 0 Å². The van der Waals surface area contributed by atoms with Crippen LogP contribution in [0.5, 0.6) is 17.2 Å². The van der Waals surface area contributed by atoms with Crippen LogP contribution in [0.25, 0.3) is 11.1 Å². The number of rotatable bonds is 6. The minimum atomic E-state index is -4.53. The third-order valence-electron chi connectivity index (χ3n) is 7.35. The van der Waals surface area contributed by atoms with Crippen LogP contribution in [-0.2, 0) is 26.9 Å². The predicted octanol–water partition coefficient (Wildman–Crippen LogP) is 5.68. The second-order valence-corrected chi connectivity index (χ2v) is 9.61. The van der Waals surface area contributed by atoms with E-state index in [2.05, 4.69) is 0 Å². The maximum atomic E-state index is 13.6. The Kier molecular flexibility index (Phi) is 7.07. The molecule has 0 saturated heterocycles. The predicted molar refractivity (Wildman–Crippen MR) is 136 cm³/mol. The van der Waals surface area contributed by atoms with Crippen molar-refractivity contribution in [3.63, 3.8) is 0 Å². The molecule has 5 rings (SSSR count). The number of alkyl halides is 3. The summed E-state index contributed by atoms with van der Waals surface area (Å²) < 4.78 is 62.8. The Bertz CT molecular complexity index is 1390. The first-order valence-electron chi connectivity index (χ1n) is 12.4. The number of phenolic OH excluding ortho intramolecular Hbond substituents is 1. The molecule has 2 aromatic carbocycles. The molecule has 2 unspecified atom stereocenters. The molecule has 3 aliphatic rings. The molecule has 39 heavy (non-hydrogen) atoms. The molecule has 3 heterocycles. The van der Waals surface area contributed by atoms with E-state index in [4.69, 9.17) is 18.9 Å². The summed E-state index contributed by atoms with van der Waals surface area (Å²) in [5.41, 5.74) is 2.28. The molecule has 0 aliphatic carbocycles. The lowest BCUT2D eigenvalue weighted by Crippen LogP contribution is -2.40. The number of hydrogen-bond acceptors (Lipinski definition) is 7. The third kappa shape index (κ3) is 4.73. The lowest BCUT2D eigenvalue weighted by molar-refractivity contribution is -0.142. The molecule has 7 nitrogen and oxygen atoms in total. The molecule has 0 amide bonds. The van der Waals surface area contributed by atoms with Crippen LogP contribution in [0.4, 0.5) is 13.2 Å². The zero-order valence-electron chi connectivity index (χ0n) is 21.7. The zero-order chi connectivity index (χ0) is 27.9. The number of cyclic esters (lactones) is 1. The minimum Gasteiger partial charge on any atom is -0.504 e. The topological polar surface area (TPSA) is 77.5 Å². The van der Waals surface area contributed by atoms with Crippen molar-refractivity contribution in [3.8, 4) is 28.4 Å². The number of benzene rings is 2. The first kappa shape index (κ1) is 26.7. The van der Waals surface area contributed by atoms with Gasteiger partial charge in [-0.2, -0.15) is 13.2 Å². The molecular formula is C29H28F3NO6. The number of ether oxygens (including phenoxy) is 4. The molecule has 1 N–H and O–H groups in total. The van der Waals surface area contributed by atoms with Crippen molar-refractivity contribution in [2.45, 2.75) is 38.1 Å². The Balaban J connectivity index is 1.66. The molecule has 2 aromatic rings. The average Bonchev–Trinajstić information content (AvgIpc) is 3.49. The Morgan fingerprint density at radius 3 is 2.72 bits per heavy atom. The lowest BCUT2D eigenvalue weighted by atomic mass is 9.81. The molecule has 10 heteroatoms. The smallest absolute Gasteiger partial charge is 0.416 e. The largest absolute Gasteiger partial charge is 0.504 e. The number of nitrogens with zero attached hydrogens (tertiary/aromatic N) is 1. The van der Waals surface area contributed by atoms with Crippen molar-refractivity contribution >= 4 is 5.97 Å². The van der Waals surface area contributed by atoms with E-state index in [0.717, 1.165) is 17.7 Å². The normalized spacial score (nSPS) is 21.2. The van der Waals surface area contributed by atoms with Crippen LogP contribution in [0.1, 0.15) is 36.1 Å². The molecule has 2 atom stereocenters. The summed E-state index contributed by atoms with van der Waals surface area (Å²) in [7, 11) is 3.40. The zero-order valence-corrected chi connectivity index (χ0v) is 21.7. The number of aromatic hydroxyl groups is 1. The number of carbonyl (C=O) groups is 1. The van der Waals surface area contributed by atoms with Gasteiger partial charge in [0.1, 0.15) is 6.10 Å². The van der Waals surface area contributed by atoms with E-state index < -0.39 is 29.9 Å². The Morgan fingerprint density at radius 2 is 1.97 bits per heavy atom. The van der Waals surface area contributed by atoms with E-state index in [1.807, 2.05) is 18.0 Å². The minimum absolute atomic E-state index is 0.0673. The SMILES string of the molecule is CO/C=C/C=CCC1=C(C)C(=O)OC1C1c2c(O)c3c(c(-c4cccc(C(F)(F)F)c4)c2CCN1C)OCO3. The molecule has 0 fully saturated rings. The summed E-state index contributed by atoms with van der Waals surface area (Å²) in [5.74, 6) is -0.340. The van der Waals surface area contributed by atoms with E-state index in [1.165, 1.54) is 12.3 Å². The fourth-order valence-electron chi connectivity index (χ4n) is 5.48. The van der Waals surface area contributed by atoms with E-state index >= 15 is 0 Å². The highest BCUT2D eigenvalue weighted by Gasteiger charge is 2.45. The van der Waals surface area contributed by atoms with Gasteiger partial charge in [0, 0.05) is 23.2 Å². The molecule has 0 saturated carbocycles. The van der Waals surface area contributed by atoms with E-state index in [1.54, 1.807) is 32.3 Å². The molecule has 0 spiro atoms. The van der Waals surface area contributed by atoms with E-state index in [-0.39, 0.29) is 24.0 Å². The van der Waals surface area contributed by atoms with Gasteiger partial charge < -0.3 is 24.1 Å². The van der Waals surface area contributed by atoms with Gasteiger partial charge in [-0.1, -0.05) is 24.3 Å². The van der Waals surface area contributed by atoms with Gasteiger partial charge in [-0.05, 0) is 61.7 Å². The van der Waals surface area contributed by atoms with Gasteiger partial charge in [-0.25, -0.2) is 4.79 Å². The second kappa shape index (κ2) is 10.3. The van der Waals surface area contributed by atoms with Crippen LogP contribution in [0.3, 0.4) is 0 Å². The number of likely N-dealkylation sites (N-methyl/N-ethyl adjacent to an activating group) is 1. The van der Waals surface area contributed by atoms with Crippen LogP contribution in [0, 0.1) is 0 Å². The van der Waals surface area contributed by atoms with Crippen molar-refractivity contribution in [3.05, 3.63) is 76.6 Å². The number of phenols is 1. The van der Waals surface area contributed by atoms with Crippen LogP contribution in [0.15, 0.2) is 59.9 Å². The quantitative estimate of drug-likeness (QED) is 0.285. The van der Waals surface area contributed by atoms with Gasteiger partial charge in [-0.3, -0.25) is 4.90 Å². The highest BCUT2D eigenvalue weighted by molar-refractivity contribution is 5.92. The summed E-state index contributed by atoms with van der Waals surface area (Å²) in [4.78, 5) is 14.7. The molecule has 206 valence electrons. The number of methoxy groups -OCH3 is 1. The summed E-state index contributed by atoms with van der Waals surface area (Å²) in [6.45, 7) is 2.03. The van der Waals surface area contributed by atoms with Crippen LogP contribution in [-0.4, -0.2) is 49.6 Å². The lowest BCUT2D eigenvalue weighted by Gasteiger charge is -2.39. The van der Waals surface area contributed by atoms with Gasteiger partial charge in [0.05, 0.1) is 25.0 Å². The van der Waals surface area contributed by atoms with Gasteiger partial charge in [-0.15, -0.1) is 0 Å². The maximum absolute atomic E-state index is 13.6. The third-order valence-corrected chi connectivity index (χ3v) is 7.35. The van der Waals surface area contributed by atoms with E-state index in [9.17, 15) is 23.1 Å². The number of allylic oxidation sites excluding steroid dienone is 3. The number of hydrogen-bond donors (Lipinski definition) is 1. The fraction of sp³-hybridized carbons (Fsp3) is 0.345. The van der Waals surface area contributed by atoms with Crippen molar-refractivity contribution < 1.29 is 42.0 Å². The van der Waals surface area contributed by atoms with E-state index in [0.29, 0.717) is 47.2 Å². The summed E-state index contributed by atoms with van der Waals surface area (Å²) in [6.07, 6.45) is 2.51. The Labute approximate surface area is 223 Å². The van der Waals surface area contributed by atoms with Crippen molar-refractivity contribution in [2.24, 2.45) is 0 Å². The average molecular weight is 544 g/mol. The fourth-order valence-corrected chi connectivity index (χ4v) is 5.48. The van der Waals surface area contributed by atoms with Crippen molar-refractivity contribution in [1.29, 1.82) is 0 Å². The number of fused-ring (bicyclic) bond motifs is 2. The van der Waals surface area contributed by atoms with Gasteiger partial charge in [0.25, 0.3) is 0 Å². The first-order chi connectivity index (χ1) is 18.6. The number of carbonyl (C=O) groups excluding carboxylic acids is 1. The number of esters is 1. The van der Waals surface area contributed by atoms with Gasteiger partial charge >= 0.3 is 12.1 Å². The molecule has 0 radical (unpaired) electrons. The van der Waals surface area contributed by atoms with Gasteiger partial charge in [0.2, 0.25) is 12.5 Å². The number of halogens is 3. The first-order valence-corrected chi connectivity index (χ1v) is 12.4. The van der Waals surface area contributed by atoms with Crippen LogP contribution >= 0.6 is 0 Å². The maximum Gasteiger partial charge on any atom is 0.416 e. The molecular weight excluding hydrogens is 515 g/mol. The summed E-state index contributed by atoms with van der Waals surface area (Å²) >= 11 is 0. The highest BCUT2D eigenvalue weighted by atomic mass is 19.4. The Morgan fingerprint density at radius 1 is 1.21 bits per heavy atom. The summed E-state index contributed by atoms with van der Waals surface area (Å²) in [5, 5.41) is 11.4.